The van der Waals surface area contributed by atoms with E-state index >= 15 is 0 Å². The van der Waals surface area contributed by atoms with Crippen molar-refractivity contribution >= 4 is 23.4 Å². The molecule has 6 aliphatic rings. The molecule has 0 spiro atoms. The summed E-state index contributed by atoms with van der Waals surface area (Å²) < 4.78 is 19.3. The van der Waals surface area contributed by atoms with Gasteiger partial charge in [0, 0.05) is 13.2 Å². The Bertz CT molecular complexity index is 936. The SMILES string of the molecule is O=C1CC(N(CC2CCCO2)C(=O)C23CC4CC(CC(C4)C2)C3)C(=O)N1c1ccc(F)cc1. The Labute approximate surface area is 193 Å². The molecule has 6 nitrogen and oxygen atoms in total. The van der Waals surface area contributed by atoms with Crippen molar-refractivity contribution in [2.75, 3.05) is 18.1 Å². The van der Waals surface area contributed by atoms with Gasteiger partial charge in [-0.05, 0) is 93.4 Å². The minimum absolute atomic E-state index is 0.0268. The lowest BCUT2D eigenvalue weighted by Gasteiger charge is -2.57. The van der Waals surface area contributed by atoms with Gasteiger partial charge in [0.15, 0.2) is 0 Å². The molecule has 2 heterocycles. The zero-order valence-electron chi connectivity index (χ0n) is 18.9. The van der Waals surface area contributed by atoms with Crippen LogP contribution in [0.1, 0.15) is 57.8 Å². The Balaban J connectivity index is 1.31. The molecule has 4 aliphatic carbocycles. The van der Waals surface area contributed by atoms with Gasteiger partial charge in [-0.15, -0.1) is 0 Å². The van der Waals surface area contributed by atoms with Gasteiger partial charge in [-0.2, -0.15) is 0 Å². The predicted molar refractivity (Wildman–Crippen MR) is 119 cm³/mol. The van der Waals surface area contributed by atoms with E-state index in [-0.39, 0.29) is 35.7 Å². The van der Waals surface area contributed by atoms with Crippen LogP contribution in [-0.2, 0) is 19.1 Å². The standard InChI is InChI=1S/C26H31FN2O4/c27-19-3-5-20(6-4-19)29-23(30)11-22(24(29)31)28(15-21-2-1-7-33-21)25(32)26-12-16-8-17(13-26)10-18(9-16)14-26/h3-6,16-18,21-22H,1-2,7-15H2. The van der Waals surface area contributed by atoms with Crippen LogP contribution in [0.15, 0.2) is 24.3 Å². The van der Waals surface area contributed by atoms with Crippen LogP contribution >= 0.6 is 0 Å². The molecule has 4 saturated carbocycles. The molecule has 0 N–H and O–H groups in total. The summed E-state index contributed by atoms with van der Waals surface area (Å²) in [5.74, 6) is 0.745. The van der Waals surface area contributed by atoms with E-state index in [1.807, 2.05) is 0 Å². The topological polar surface area (TPSA) is 66.9 Å². The number of amides is 3. The van der Waals surface area contributed by atoms with E-state index in [1.54, 1.807) is 4.90 Å². The normalized spacial score (nSPS) is 37.2. The number of imide groups is 1. The molecule has 7 heteroatoms. The Morgan fingerprint density at radius 2 is 1.70 bits per heavy atom. The third-order valence-electron chi connectivity index (χ3n) is 8.76. The van der Waals surface area contributed by atoms with E-state index in [0.717, 1.165) is 37.0 Å². The van der Waals surface area contributed by atoms with Crippen LogP contribution in [0, 0.1) is 29.0 Å². The molecule has 2 aliphatic heterocycles. The number of carbonyl (C=O) groups excluding carboxylic acids is 3. The first-order valence-electron chi connectivity index (χ1n) is 12.5. The fraction of sp³-hybridized carbons (Fsp3) is 0.654. The van der Waals surface area contributed by atoms with E-state index in [9.17, 15) is 18.8 Å². The molecule has 2 atom stereocenters. The molecule has 176 valence electrons. The van der Waals surface area contributed by atoms with Crippen molar-refractivity contribution in [3.8, 4) is 0 Å². The van der Waals surface area contributed by atoms with Crippen LogP contribution in [0.2, 0.25) is 0 Å². The average molecular weight is 455 g/mol. The first kappa shape index (κ1) is 21.3. The molecule has 7 rings (SSSR count). The van der Waals surface area contributed by atoms with E-state index in [2.05, 4.69) is 0 Å². The third kappa shape index (κ3) is 3.59. The van der Waals surface area contributed by atoms with Crippen molar-refractivity contribution < 1.29 is 23.5 Å². The molecule has 1 aromatic rings. The highest BCUT2D eigenvalue weighted by atomic mass is 19.1. The summed E-state index contributed by atoms with van der Waals surface area (Å²) >= 11 is 0. The summed E-state index contributed by atoms with van der Waals surface area (Å²) in [7, 11) is 0. The summed E-state index contributed by atoms with van der Waals surface area (Å²) in [6.45, 7) is 1.03. The number of ether oxygens (including phenoxy) is 1. The maximum absolute atomic E-state index is 14.3. The van der Waals surface area contributed by atoms with Crippen LogP contribution in [-0.4, -0.2) is 47.9 Å². The zero-order valence-corrected chi connectivity index (χ0v) is 18.9. The van der Waals surface area contributed by atoms with Gasteiger partial charge in [-0.25, -0.2) is 9.29 Å². The van der Waals surface area contributed by atoms with E-state index < -0.39 is 11.9 Å². The lowest BCUT2D eigenvalue weighted by Crippen LogP contribution is -2.58. The summed E-state index contributed by atoms with van der Waals surface area (Å²) in [6, 6.07) is 4.56. The lowest BCUT2D eigenvalue weighted by atomic mass is 9.49. The van der Waals surface area contributed by atoms with Crippen molar-refractivity contribution in [1.82, 2.24) is 4.90 Å². The summed E-state index contributed by atoms with van der Waals surface area (Å²) in [5.41, 5.74) is -0.0341. The zero-order chi connectivity index (χ0) is 22.7. The molecule has 2 saturated heterocycles. The van der Waals surface area contributed by atoms with Crippen molar-refractivity contribution in [3.63, 3.8) is 0 Å². The molecule has 1 aromatic carbocycles. The number of rotatable bonds is 5. The Morgan fingerprint density at radius 1 is 1.06 bits per heavy atom. The number of halogens is 1. The van der Waals surface area contributed by atoms with Gasteiger partial charge in [-0.1, -0.05) is 0 Å². The molecule has 4 bridgehead atoms. The van der Waals surface area contributed by atoms with Gasteiger partial charge < -0.3 is 9.64 Å². The van der Waals surface area contributed by atoms with Crippen molar-refractivity contribution in [1.29, 1.82) is 0 Å². The fourth-order valence-corrected chi connectivity index (χ4v) is 7.76. The van der Waals surface area contributed by atoms with Gasteiger partial charge in [0.1, 0.15) is 11.9 Å². The molecule has 6 fully saturated rings. The van der Waals surface area contributed by atoms with Gasteiger partial charge in [0.05, 0.1) is 23.6 Å². The number of nitrogens with zero attached hydrogens (tertiary/aromatic N) is 2. The van der Waals surface area contributed by atoms with Gasteiger partial charge in [0.25, 0.3) is 5.91 Å². The highest BCUT2D eigenvalue weighted by molar-refractivity contribution is 6.23. The third-order valence-corrected chi connectivity index (χ3v) is 8.76. The second-order valence-corrected chi connectivity index (χ2v) is 11.1. The van der Waals surface area contributed by atoms with Crippen LogP contribution < -0.4 is 4.90 Å². The first-order valence-corrected chi connectivity index (χ1v) is 12.5. The molecule has 33 heavy (non-hydrogen) atoms. The van der Waals surface area contributed by atoms with E-state index in [0.29, 0.717) is 36.6 Å². The molecule has 0 aromatic heterocycles. The van der Waals surface area contributed by atoms with Crippen LogP contribution in [0.25, 0.3) is 0 Å². The first-order chi connectivity index (χ1) is 15.9. The lowest BCUT2D eigenvalue weighted by molar-refractivity contribution is -0.163. The molecular weight excluding hydrogens is 423 g/mol. The second kappa shape index (κ2) is 7.90. The van der Waals surface area contributed by atoms with Gasteiger partial charge in [0.2, 0.25) is 11.8 Å². The number of hydrogen-bond donors (Lipinski definition) is 0. The van der Waals surface area contributed by atoms with E-state index in [1.165, 1.54) is 43.5 Å². The van der Waals surface area contributed by atoms with Crippen LogP contribution in [0.3, 0.4) is 0 Å². The van der Waals surface area contributed by atoms with Gasteiger partial charge >= 0.3 is 0 Å². The Hall–Kier alpha value is -2.28. The van der Waals surface area contributed by atoms with Crippen molar-refractivity contribution in [3.05, 3.63) is 30.1 Å². The monoisotopic (exact) mass is 454 g/mol. The van der Waals surface area contributed by atoms with Crippen molar-refractivity contribution in [2.45, 2.75) is 69.9 Å². The smallest absolute Gasteiger partial charge is 0.257 e. The minimum Gasteiger partial charge on any atom is -0.376 e. The fourth-order valence-electron chi connectivity index (χ4n) is 7.76. The predicted octanol–water partition coefficient (Wildman–Crippen LogP) is 3.68. The average Bonchev–Trinajstić information content (AvgIpc) is 3.39. The Kier molecular flexibility index (Phi) is 5.09. The Morgan fingerprint density at radius 3 is 2.27 bits per heavy atom. The molecule has 2 unspecified atom stereocenters. The maximum atomic E-state index is 14.3. The molecular formula is C26H31FN2O4. The van der Waals surface area contributed by atoms with E-state index in [4.69, 9.17) is 4.74 Å². The summed E-state index contributed by atoms with van der Waals surface area (Å²) in [4.78, 5) is 43.5. The van der Waals surface area contributed by atoms with Crippen molar-refractivity contribution in [2.24, 2.45) is 23.2 Å². The molecule has 0 radical (unpaired) electrons. The number of anilines is 1. The number of carbonyl (C=O) groups is 3. The number of hydrogen-bond acceptors (Lipinski definition) is 4. The maximum Gasteiger partial charge on any atom is 0.257 e. The van der Waals surface area contributed by atoms with Crippen LogP contribution in [0.4, 0.5) is 10.1 Å². The van der Waals surface area contributed by atoms with Crippen LogP contribution in [0.5, 0.6) is 0 Å². The molecule has 3 amide bonds. The summed E-state index contributed by atoms with van der Waals surface area (Å²) in [6.07, 6.45) is 8.13. The highest BCUT2D eigenvalue weighted by Crippen LogP contribution is 2.60. The van der Waals surface area contributed by atoms with Gasteiger partial charge in [-0.3, -0.25) is 14.4 Å². The quantitative estimate of drug-likeness (QED) is 0.637. The summed E-state index contributed by atoms with van der Waals surface area (Å²) in [5, 5.41) is 0. The largest absolute Gasteiger partial charge is 0.376 e. The minimum atomic E-state index is -0.813. The number of benzene rings is 1. The second-order valence-electron chi connectivity index (χ2n) is 11.1. The highest BCUT2D eigenvalue weighted by Gasteiger charge is 2.57.